The van der Waals surface area contributed by atoms with Crippen LogP contribution in [0.15, 0.2) is 4.52 Å². The van der Waals surface area contributed by atoms with Gasteiger partial charge in [-0.2, -0.15) is 0 Å². The molecule has 2 rings (SSSR count). The summed E-state index contributed by atoms with van der Waals surface area (Å²) >= 11 is 0. The van der Waals surface area contributed by atoms with Crippen LogP contribution in [0, 0.1) is 13.8 Å². The lowest BCUT2D eigenvalue weighted by molar-refractivity contribution is -0.133. The maximum absolute atomic E-state index is 12.5. The first-order chi connectivity index (χ1) is 8.50. The Morgan fingerprint density at radius 2 is 2.28 bits per heavy atom. The fourth-order valence-corrected chi connectivity index (χ4v) is 2.64. The molecule has 1 aromatic heterocycles. The molecule has 1 N–H and O–H groups in total. The first-order valence-electron chi connectivity index (χ1n) is 6.45. The van der Waals surface area contributed by atoms with Crippen molar-refractivity contribution in [1.29, 1.82) is 0 Å². The molecule has 0 spiro atoms. The monoisotopic (exact) mass is 251 g/mol. The van der Waals surface area contributed by atoms with Crippen LogP contribution in [0.5, 0.6) is 0 Å². The highest BCUT2D eigenvalue weighted by Crippen LogP contribution is 2.25. The van der Waals surface area contributed by atoms with Gasteiger partial charge in [0.1, 0.15) is 5.76 Å². The molecule has 2 atom stereocenters. The Labute approximate surface area is 108 Å². The van der Waals surface area contributed by atoms with Crippen LogP contribution in [-0.2, 0) is 4.79 Å². The molecule has 1 fully saturated rings. The summed E-state index contributed by atoms with van der Waals surface area (Å²) in [5.74, 6) is 0.732. The SMILES string of the molecule is Cc1noc(C)c1[C@H](C)C(=O)N1CCN[C@@H](C)C1. The van der Waals surface area contributed by atoms with Crippen LogP contribution in [-0.4, -0.2) is 41.6 Å². The van der Waals surface area contributed by atoms with Gasteiger partial charge in [-0.25, -0.2) is 0 Å². The predicted octanol–water partition coefficient (Wildman–Crippen LogP) is 1.22. The third kappa shape index (κ3) is 2.41. The molecule has 5 nitrogen and oxygen atoms in total. The number of amides is 1. The molecule has 5 heteroatoms. The van der Waals surface area contributed by atoms with Crippen LogP contribution in [0.4, 0.5) is 0 Å². The van der Waals surface area contributed by atoms with Gasteiger partial charge in [0.15, 0.2) is 0 Å². The third-order valence-electron chi connectivity index (χ3n) is 3.57. The molecule has 0 bridgehead atoms. The van der Waals surface area contributed by atoms with Crippen molar-refractivity contribution in [3.05, 3.63) is 17.0 Å². The zero-order valence-electron chi connectivity index (χ0n) is 11.5. The molecule has 0 aromatic carbocycles. The van der Waals surface area contributed by atoms with Gasteiger partial charge in [-0.1, -0.05) is 5.16 Å². The summed E-state index contributed by atoms with van der Waals surface area (Å²) in [4.78, 5) is 14.4. The van der Waals surface area contributed by atoms with E-state index in [1.807, 2.05) is 25.7 Å². The largest absolute Gasteiger partial charge is 0.361 e. The van der Waals surface area contributed by atoms with E-state index in [4.69, 9.17) is 4.52 Å². The van der Waals surface area contributed by atoms with Crippen molar-refractivity contribution in [2.45, 2.75) is 39.7 Å². The van der Waals surface area contributed by atoms with E-state index in [1.54, 1.807) is 0 Å². The maximum Gasteiger partial charge on any atom is 0.230 e. The van der Waals surface area contributed by atoms with Crippen LogP contribution in [0.2, 0.25) is 0 Å². The Balaban J connectivity index is 2.13. The molecule has 100 valence electrons. The number of aryl methyl sites for hydroxylation is 2. The zero-order chi connectivity index (χ0) is 13.3. The average molecular weight is 251 g/mol. The lowest BCUT2D eigenvalue weighted by Gasteiger charge is -2.33. The topological polar surface area (TPSA) is 58.4 Å². The van der Waals surface area contributed by atoms with Gasteiger partial charge in [-0.3, -0.25) is 4.79 Å². The number of nitrogens with zero attached hydrogens (tertiary/aromatic N) is 2. The molecule has 1 amide bonds. The number of hydrogen-bond donors (Lipinski definition) is 1. The Bertz CT molecular complexity index is 422. The molecule has 1 aliphatic heterocycles. The highest BCUT2D eigenvalue weighted by molar-refractivity contribution is 5.84. The fraction of sp³-hybridized carbons (Fsp3) is 0.692. The molecule has 1 saturated heterocycles. The van der Waals surface area contributed by atoms with Crippen molar-refractivity contribution in [3.63, 3.8) is 0 Å². The lowest BCUT2D eigenvalue weighted by Crippen LogP contribution is -2.52. The second kappa shape index (κ2) is 5.10. The summed E-state index contributed by atoms with van der Waals surface area (Å²) in [7, 11) is 0. The summed E-state index contributed by atoms with van der Waals surface area (Å²) in [5.41, 5.74) is 1.75. The van der Waals surface area contributed by atoms with Crippen molar-refractivity contribution in [3.8, 4) is 0 Å². The zero-order valence-corrected chi connectivity index (χ0v) is 11.5. The van der Waals surface area contributed by atoms with Gasteiger partial charge >= 0.3 is 0 Å². The molecular formula is C13H21N3O2. The van der Waals surface area contributed by atoms with Crippen LogP contribution in [0.1, 0.15) is 36.8 Å². The van der Waals surface area contributed by atoms with Crippen LogP contribution < -0.4 is 5.32 Å². The number of rotatable bonds is 2. The minimum absolute atomic E-state index is 0.165. The minimum atomic E-state index is -0.179. The number of carbonyl (C=O) groups excluding carboxylic acids is 1. The van der Waals surface area contributed by atoms with Gasteiger partial charge < -0.3 is 14.7 Å². The van der Waals surface area contributed by atoms with E-state index in [9.17, 15) is 4.79 Å². The van der Waals surface area contributed by atoms with Gasteiger partial charge in [0.25, 0.3) is 0 Å². The molecule has 18 heavy (non-hydrogen) atoms. The van der Waals surface area contributed by atoms with E-state index in [-0.39, 0.29) is 11.8 Å². The second-order valence-electron chi connectivity index (χ2n) is 5.10. The second-order valence-corrected chi connectivity index (χ2v) is 5.10. The minimum Gasteiger partial charge on any atom is -0.361 e. The Hall–Kier alpha value is -1.36. The van der Waals surface area contributed by atoms with E-state index in [0.29, 0.717) is 6.04 Å². The smallest absolute Gasteiger partial charge is 0.230 e. The summed E-state index contributed by atoms with van der Waals surface area (Å²) < 4.78 is 5.14. The maximum atomic E-state index is 12.5. The molecule has 2 heterocycles. The standard InChI is InChI=1S/C13H21N3O2/c1-8-7-16(6-5-14-8)13(17)9(2)12-10(3)15-18-11(12)4/h8-9,14H,5-7H2,1-4H3/t8-,9-/m0/s1. The van der Waals surface area contributed by atoms with E-state index < -0.39 is 0 Å². The molecule has 1 aliphatic rings. The third-order valence-corrected chi connectivity index (χ3v) is 3.57. The van der Waals surface area contributed by atoms with E-state index in [0.717, 1.165) is 36.7 Å². The quantitative estimate of drug-likeness (QED) is 0.858. The number of aromatic nitrogens is 1. The predicted molar refractivity (Wildman–Crippen MR) is 68.4 cm³/mol. The van der Waals surface area contributed by atoms with Gasteiger partial charge in [0.2, 0.25) is 5.91 Å². The molecule has 0 aliphatic carbocycles. The molecule has 0 saturated carbocycles. The van der Waals surface area contributed by atoms with Gasteiger partial charge in [0, 0.05) is 31.2 Å². The van der Waals surface area contributed by atoms with Crippen LogP contribution in [0.3, 0.4) is 0 Å². The number of piperazine rings is 1. The summed E-state index contributed by atoms with van der Waals surface area (Å²) in [6.07, 6.45) is 0. The van der Waals surface area contributed by atoms with E-state index in [2.05, 4.69) is 17.4 Å². The van der Waals surface area contributed by atoms with Crippen molar-refractivity contribution in [2.75, 3.05) is 19.6 Å². The lowest BCUT2D eigenvalue weighted by atomic mass is 9.97. The number of nitrogens with one attached hydrogen (secondary N) is 1. The average Bonchev–Trinajstić information content (AvgIpc) is 2.67. The summed E-state index contributed by atoms with van der Waals surface area (Å²) in [5, 5.41) is 7.26. The Morgan fingerprint density at radius 1 is 1.56 bits per heavy atom. The van der Waals surface area contributed by atoms with Crippen molar-refractivity contribution in [1.82, 2.24) is 15.4 Å². The molecule has 0 unspecified atom stereocenters. The van der Waals surface area contributed by atoms with Gasteiger partial charge in [-0.15, -0.1) is 0 Å². The first kappa shape index (κ1) is 13.1. The number of carbonyl (C=O) groups is 1. The van der Waals surface area contributed by atoms with Crippen LogP contribution >= 0.6 is 0 Å². The fourth-order valence-electron chi connectivity index (χ4n) is 2.64. The van der Waals surface area contributed by atoms with Crippen molar-refractivity contribution >= 4 is 5.91 Å². The summed E-state index contributed by atoms with van der Waals surface area (Å²) in [6, 6.07) is 0.361. The Morgan fingerprint density at radius 3 is 2.83 bits per heavy atom. The molecule has 0 radical (unpaired) electrons. The normalized spacial score (nSPS) is 22.0. The molecular weight excluding hydrogens is 230 g/mol. The van der Waals surface area contributed by atoms with Crippen molar-refractivity contribution in [2.24, 2.45) is 0 Å². The first-order valence-corrected chi connectivity index (χ1v) is 6.45. The highest BCUT2D eigenvalue weighted by Gasteiger charge is 2.29. The Kier molecular flexibility index (Phi) is 3.71. The van der Waals surface area contributed by atoms with E-state index in [1.165, 1.54) is 0 Å². The summed E-state index contributed by atoms with van der Waals surface area (Å²) in [6.45, 7) is 10.2. The molecule has 1 aromatic rings. The highest BCUT2D eigenvalue weighted by atomic mass is 16.5. The van der Waals surface area contributed by atoms with Crippen LogP contribution in [0.25, 0.3) is 0 Å². The number of hydrogen-bond acceptors (Lipinski definition) is 4. The van der Waals surface area contributed by atoms with Gasteiger partial charge in [-0.05, 0) is 27.7 Å². The van der Waals surface area contributed by atoms with Crippen molar-refractivity contribution < 1.29 is 9.32 Å². The van der Waals surface area contributed by atoms with E-state index >= 15 is 0 Å². The van der Waals surface area contributed by atoms with Gasteiger partial charge in [0.05, 0.1) is 11.6 Å².